The van der Waals surface area contributed by atoms with E-state index in [1.54, 1.807) is 4.90 Å². The highest BCUT2D eigenvalue weighted by Gasteiger charge is 2.58. The van der Waals surface area contributed by atoms with Gasteiger partial charge in [0.25, 0.3) is 0 Å². The monoisotopic (exact) mass is 549 g/mol. The molecular formula is C28H22F3N5S2. The minimum Gasteiger partial charge on any atom is -0.331 e. The summed E-state index contributed by atoms with van der Waals surface area (Å²) in [5.74, 6) is 0.464. The van der Waals surface area contributed by atoms with E-state index in [0.29, 0.717) is 23.8 Å². The molecule has 5 rings (SSSR count). The number of alkyl halides is 3. The molecule has 1 aliphatic heterocycles. The van der Waals surface area contributed by atoms with E-state index in [2.05, 4.69) is 10.2 Å². The number of anilines is 3. The fourth-order valence-corrected chi connectivity index (χ4v) is 5.51. The summed E-state index contributed by atoms with van der Waals surface area (Å²) < 4.78 is 41.7. The predicted molar refractivity (Wildman–Crippen MR) is 153 cm³/mol. The van der Waals surface area contributed by atoms with Gasteiger partial charge in [0, 0.05) is 17.1 Å². The Bertz CT molecular complexity index is 1470. The Hall–Kier alpha value is -3.81. The lowest BCUT2D eigenvalue weighted by Crippen LogP contribution is -2.55. The van der Waals surface area contributed by atoms with Crippen molar-refractivity contribution in [2.75, 3.05) is 15.1 Å². The van der Waals surface area contributed by atoms with Crippen LogP contribution in [0.1, 0.15) is 30.4 Å². The molecule has 0 atom stereocenters. The van der Waals surface area contributed by atoms with Gasteiger partial charge in [-0.2, -0.15) is 13.2 Å². The van der Waals surface area contributed by atoms with Crippen molar-refractivity contribution in [3.63, 3.8) is 0 Å². The first kappa shape index (κ1) is 25.8. The van der Waals surface area contributed by atoms with Crippen LogP contribution in [0.3, 0.4) is 0 Å². The zero-order chi connectivity index (χ0) is 27.1. The third-order valence-electron chi connectivity index (χ3n) is 6.81. The summed E-state index contributed by atoms with van der Waals surface area (Å²) in [6.45, 7) is 9.20. The molecule has 0 bridgehead atoms. The number of nitrogens with zero attached hydrogens (tertiary/aromatic N) is 4. The van der Waals surface area contributed by atoms with Crippen LogP contribution in [0, 0.1) is 13.5 Å². The lowest BCUT2D eigenvalue weighted by atomic mass is 9.74. The molecule has 1 aliphatic carbocycles. The summed E-state index contributed by atoms with van der Waals surface area (Å²) in [5.41, 5.74) is 0.667. The number of hydrogen-bond donors (Lipinski definition) is 1. The van der Waals surface area contributed by atoms with Crippen LogP contribution in [-0.2, 0) is 6.18 Å². The van der Waals surface area contributed by atoms with Crippen LogP contribution < -0.4 is 15.1 Å². The third kappa shape index (κ3) is 4.52. The quantitative estimate of drug-likeness (QED) is 0.266. The van der Waals surface area contributed by atoms with E-state index >= 15 is 0 Å². The maximum absolute atomic E-state index is 13.9. The first-order valence-electron chi connectivity index (χ1n) is 11.9. The van der Waals surface area contributed by atoms with Crippen molar-refractivity contribution in [3.8, 4) is 0 Å². The Morgan fingerprint density at radius 3 is 2.26 bits per heavy atom. The molecule has 1 N–H and O–H groups in total. The highest BCUT2D eigenvalue weighted by molar-refractivity contribution is 7.81. The standard InChI is InChI=1S/C28H22F3N5S2/c1-18-9-11-20(12-10-18)36-26(38)35(21-13-14-23(32-2)22(17-21)28(29,30)31)24(27(36)15-6-16-27)34-25(37)33-19-7-4-3-5-8-19/h3-5,7-14,17H,6,15-16H2,1H3,(H,33,37)/b34-24-. The van der Waals surface area contributed by atoms with Gasteiger partial charge in [0.2, 0.25) is 0 Å². The molecule has 0 amide bonds. The van der Waals surface area contributed by atoms with Crippen molar-refractivity contribution in [3.05, 3.63) is 95.3 Å². The molecule has 1 heterocycles. The zero-order valence-corrected chi connectivity index (χ0v) is 21.9. The lowest BCUT2D eigenvalue weighted by molar-refractivity contribution is -0.136. The van der Waals surface area contributed by atoms with Gasteiger partial charge in [-0.1, -0.05) is 42.0 Å². The fraction of sp³-hybridized carbons (Fsp3) is 0.214. The van der Waals surface area contributed by atoms with Crippen molar-refractivity contribution >= 4 is 63.2 Å². The summed E-state index contributed by atoms with van der Waals surface area (Å²) in [6, 6.07) is 20.8. The van der Waals surface area contributed by atoms with Crippen molar-refractivity contribution in [2.45, 2.75) is 37.9 Å². The van der Waals surface area contributed by atoms with Crippen LogP contribution in [0.2, 0.25) is 0 Å². The lowest BCUT2D eigenvalue weighted by Gasteiger charge is -2.44. The third-order valence-corrected chi connectivity index (χ3v) is 7.37. The fourth-order valence-electron chi connectivity index (χ4n) is 4.84. The second-order valence-corrected chi connectivity index (χ2v) is 9.97. The molecule has 0 radical (unpaired) electrons. The van der Waals surface area contributed by atoms with Crippen LogP contribution in [0.25, 0.3) is 4.85 Å². The molecule has 0 unspecified atom stereocenters. The summed E-state index contributed by atoms with van der Waals surface area (Å²) in [5, 5.41) is 3.57. The highest BCUT2D eigenvalue weighted by Crippen LogP contribution is 2.49. The van der Waals surface area contributed by atoms with Crippen molar-refractivity contribution in [1.29, 1.82) is 0 Å². The number of nitrogens with one attached hydrogen (secondary N) is 1. The van der Waals surface area contributed by atoms with Gasteiger partial charge < -0.3 is 10.2 Å². The number of hydrogen-bond acceptors (Lipinski definition) is 2. The predicted octanol–water partition coefficient (Wildman–Crippen LogP) is 7.89. The second-order valence-electron chi connectivity index (χ2n) is 9.22. The molecule has 1 saturated carbocycles. The van der Waals surface area contributed by atoms with E-state index in [4.69, 9.17) is 36.0 Å². The minimum atomic E-state index is -4.70. The summed E-state index contributed by atoms with van der Waals surface area (Å²) in [7, 11) is 0. The number of benzene rings is 3. The van der Waals surface area contributed by atoms with Crippen LogP contribution in [0.4, 0.5) is 35.9 Å². The molecule has 1 spiro atoms. The summed E-state index contributed by atoms with van der Waals surface area (Å²) >= 11 is 11.5. The van der Waals surface area contributed by atoms with Gasteiger partial charge in [0.15, 0.2) is 15.9 Å². The number of rotatable bonds is 3. The molecule has 2 aliphatic rings. The smallest absolute Gasteiger partial charge is 0.331 e. The van der Waals surface area contributed by atoms with Gasteiger partial charge in [-0.05, 0) is 87.0 Å². The van der Waals surface area contributed by atoms with E-state index in [1.165, 1.54) is 12.1 Å². The van der Waals surface area contributed by atoms with Gasteiger partial charge >= 0.3 is 6.18 Å². The average molecular weight is 550 g/mol. The van der Waals surface area contributed by atoms with E-state index in [9.17, 15) is 13.2 Å². The van der Waals surface area contributed by atoms with Gasteiger partial charge in [0.05, 0.1) is 12.1 Å². The Morgan fingerprint density at radius 2 is 1.68 bits per heavy atom. The number of para-hydroxylation sites is 1. The Labute approximate surface area is 229 Å². The number of thiocarbonyl (C=S) groups is 2. The van der Waals surface area contributed by atoms with E-state index in [-0.39, 0.29) is 10.8 Å². The summed E-state index contributed by atoms with van der Waals surface area (Å²) in [6.07, 6.45) is -2.39. The maximum Gasteiger partial charge on any atom is 0.407 e. The Kier molecular flexibility index (Phi) is 6.67. The molecule has 1 saturated heterocycles. The van der Waals surface area contributed by atoms with Crippen LogP contribution in [0.5, 0.6) is 0 Å². The highest BCUT2D eigenvalue weighted by atomic mass is 32.1. The molecule has 3 aromatic rings. The minimum absolute atomic E-state index is 0.171. The van der Waals surface area contributed by atoms with Gasteiger partial charge in [-0.25, -0.2) is 9.84 Å². The SMILES string of the molecule is [C-]#[N+]c1ccc(N2C(=S)N(c3ccc(C)cc3)C3(CCC3)/C2=N/C(=S)Nc2ccccc2)cc1C(F)(F)F. The summed E-state index contributed by atoms with van der Waals surface area (Å²) in [4.78, 5) is 11.4. The van der Waals surface area contributed by atoms with Crippen molar-refractivity contribution in [1.82, 2.24) is 0 Å². The largest absolute Gasteiger partial charge is 0.407 e. The number of halogens is 3. The molecule has 3 aromatic carbocycles. The topological polar surface area (TPSA) is 35.2 Å². The van der Waals surface area contributed by atoms with Crippen LogP contribution in [-0.4, -0.2) is 21.6 Å². The molecule has 2 fully saturated rings. The molecule has 192 valence electrons. The number of amidine groups is 1. The van der Waals surface area contributed by atoms with Gasteiger partial charge in [-0.15, -0.1) is 0 Å². The maximum atomic E-state index is 13.9. The molecule has 5 nitrogen and oxygen atoms in total. The van der Waals surface area contributed by atoms with E-state index < -0.39 is 23.0 Å². The van der Waals surface area contributed by atoms with E-state index in [1.807, 2.05) is 66.4 Å². The Balaban J connectivity index is 1.66. The molecule has 10 heteroatoms. The molecule has 38 heavy (non-hydrogen) atoms. The van der Waals surface area contributed by atoms with Gasteiger partial charge in [0.1, 0.15) is 11.4 Å². The average Bonchev–Trinajstić information content (AvgIpc) is 3.12. The van der Waals surface area contributed by atoms with E-state index in [0.717, 1.165) is 29.4 Å². The number of aryl methyl sites for hydroxylation is 1. The number of aliphatic imine (C=N–C) groups is 1. The first-order chi connectivity index (χ1) is 18.1. The zero-order valence-electron chi connectivity index (χ0n) is 20.3. The first-order valence-corrected chi connectivity index (χ1v) is 12.7. The Morgan fingerprint density at radius 1 is 1.03 bits per heavy atom. The van der Waals surface area contributed by atoms with Crippen LogP contribution in [0.15, 0.2) is 77.8 Å². The second kappa shape index (κ2) is 9.82. The molecular weight excluding hydrogens is 527 g/mol. The van der Waals surface area contributed by atoms with Crippen molar-refractivity contribution in [2.24, 2.45) is 4.99 Å². The van der Waals surface area contributed by atoms with Gasteiger partial charge in [-0.3, -0.25) is 4.90 Å². The van der Waals surface area contributed by atoms with Crippen molar-refractivity contribution < 1.29 is 13.2 Å². The molecule has 0 aromatic heterocycles. The normalized spacial score (nSPS) is 17.4. The van der Waals surface area contributed by atoms with Crippen LogP contribution >= 0.6 is 24.4 Å².